The number of likely N-dealkylation sites (tertiary alicyclic amines) is 1. The molecule has 0 bridgehead atoms. The van der Waals surface area contributed by atoms with Crippen molar-refractivity contribution >= 4 is 41.4 Å². The van der Waals surface area contributed by atoms with Crippen LogP contribution >= 0.6 is 11.8 Å². The molecular weight excluding hydrogens is 486 g/mol. The summed E-state index contributed by atoms with van der Waals surface area (Å²) in [7, 11) is 0. The summed E-state index contributed by atoms with van der Waals surface area (Å²) in [5, 5.41) is 14.7. The lowest BCUT2D eigenvalue weighted by Gasteiger charge is -2.29. The minimum Gasteiger partial charge on any atom is -0.480 e. The van der Waals surface area contributed by atoms with Gasteiger partial charge in [-0.05, 0) is 49.7 Å². The Hall–Kier alpha value is -3.12. The third-order valence-corrected chi connectivity index (χ3v) is 6.64. The van der Waals surface area contributed by atoms with Crippen molar-refractivity contribution in [3.05, 3.63) is 35.9 Å². The van der Waals surface area contributed by atoms with E-state index in [9.17, 15) is 29.1 Å². The minimum absolute atomic E-state index is 0.0735. The maximum Gasteiger partial charge on any atom is 0.326 e. The zero-order valence-corrected chi connectivity index (χ0v) is 21.2. The van der Waals surface area contributed by atoms with Crippen LogP contribution < -0.4 is 22.1 Å². The van der Waals surface area contributed by atoms with Crippen molar-refractivity contribution in [2.24, 2.45) is 11.5 Å². The third kappa shape index (κ3) is 8.83. The van der Waals surface area contributed by atoms with Crippen molar-refractivity contribution in [2.45, 2.75) is 62.7 Å². The van der Waals surface area contributed by atoms with Gasteiger partial charge in [-0.3, -0.25) is 19.2 Å². The molecule has 1 aromatic rings. The highest BCUT2D eigenvalue weighted by Crippen LogP contribution is 2.20. The maximum absolute atomic E-state index is 13.2. The molecule has 1 aromatic carbocycles. The predicted octanol–water partition coefficient (Wildman–Crippen LogP) is -0.380. The molecule has 4 unspecified atom stereocenters. The van der Waals surface area contributed by atoms with Gasteiger partial charge in [-0.15, -0.1) is 0 Å². The number of thioether (sulfide) groups is 1. The molecule has 7 N–H and O–H groups in total. The van der Waals surface area contributed by atoms with Gasteiger partial charge in [0.1, 0.15) is 18.1 Å². The number of hydrogen-bond donors (Lipinski definition) is 5. The molecule has 0 spiro atoms. The summed E-state index contributed by atoms with van der Waals surface area (Å²) < 4.78 is 0. The average molecular weight is 522 g/mol. The van der Waals surface area contributed by atoms with Crippen LogP contribution in [-0.4, -0.2) is 82.3 Å². The molecule has 4 atom stereocenters. The fraction of sp³-hybridized carbons (Fsp3) is 0.542. The molecule has 1 heterocycles. The lowest BCUT2D eigenvalue weighted by molar-refractivity contribution is -0.149. The number of carbonyl (C=O) groups excluding carboxylic acids is 4. The van der Waals surface area contributed by atoms with Crippen molar-refractivity contribution in [1.29, 1.82) is 0 Å². The normalized spacial score (nSPS) is 17.6. The Balaban J connectivity index is 2.13. The number of carboxylic acid groups (broad SMARTS) is 1. The van der Waals surface area contributed by atoms with E-state index in [0.717, 1.165) is 5.56 Å². The minimum atomic E-state index is -1.15. The third-order valence-electron chi connectivity index (χ3n) is 5.99. The van der Waals surface area contributed by atoms with Gasteiger partial charge in [-0.1, -0.05) is 30.3 Å². The van der Waals surface area contributed by atoms with E-state index in [0.29, 0.717) is 18.6 Å². The molecule has 2 rings (SSSR count). The van der Waals surface area contributed by atoms with E-state index in [1.807, 2.05) is 36.6 Å². The Morgan fingerprint density at radius 3 is 2.36 bits per heavy atom. The Morgan fingerprint density at radius 1 is 1.08 bits per heavy atom. The Bertz CT molecular complexity index is 931. The van der Waals surface area contributed by atoms with Crippen LogP contribution in [0.1, 0.15) is 37.7 Å². The predicted molar refractivity (Wildman–Crippen MR) is 136 cm³/mol. The van der Waals surface area contributed by atoms with Gasteiger partial charge in [0.25, 0.3) is 0 Å². The molecule has 0 radical (unpaired) electrons. The molecule has 1 fully saturated rings. The summed E-state index contributed by atoms with van der Waals surface area (Å²) in [4.78, 5) is 63.3. The number of aliphatic carboxylic acids is 1. The molecule has 11 nitrogen and oxygen atoms in total. The summed E-state index contributed by atoms with van der Waals surface area (Å²) in [5.74, 6) is -2.92. The van der Waals surface area contributed by atoms with Gasteiger partial charge in [0.2, 0.25) is 23.6 Å². The van der Waals surface area contributed by atoms with E-state index in [1.54, 1.807) is 0 Å². The second-order valence-corrected chi connectivity index (χ2v) is 9.72. The first-order chi connectivity index (χ1) is 17.1. The number of hydrogen-bond acceptors (Lipinski definition) is 7. The average Bonchev–Trinajstić information content (AvgIpc) is 3.34. The molecule has 0 aliphatic carbocycles. The van der Waals surface area contributed by atoms with E-state index < -0.39 is 53.8 Å². The van der Waals surface area contributed by atoms with E-state index in [-0.39, 0.29) is 32.2 Å². The second kappa shape index (κ2) is 14.4. The first-order valence-electron chi connectivity index (χ1n) is 11.8. The van der Waals surface area contributed by atoms with E-state index in [4.69, 9.17) is 11.5 Å². The summed E-state index contributed by atoms with van der Waals surface area (Å²) in [5.41, 5.74) is 12.1. The Labute approximate surface area is 214 Å². The summed E-state index contributed by atoms with van der Waals surface area (Å²) in [6.07, 6.45) is 3.04. The van der Waals surface area contributed by atoms with Crippen LogP contribution in [0.5, 0.6) is 0 Å². The van der Waals surface area contributed by atoms with Gasteiger partial charge in [0.15, 0.2) is 0 Å². The molecule has 1 aliphatic heterocycles. The lowest BCUT2D eigenvalue weighted by Crippen LogP contribution is -2.57. The lowest BCUT2D eigenvalue weighted by atomic mass is 10.0. The van der Waals surface area contributed by atoms with Crippen LogP contribution in [0, 0.1) is 0 Å². The number of nitrogens with two attached hydrogens (primary N) is 2. The van der Waals surface area contributed by atoms with Crippen LogP contribution in [-0.2, 0) is 30.4 Å². The highest BCUT2D eigenvalue weighted by atomic mass is 32.2. The quantitative estimate of drug-likeness (QED) is 0.219. The number of nitrogens with zero attached hydrogens (tertiary/aromatic N) is 1. The first kappa shape index (κ1) is 29.1. The fourth-order valence-corrected chi connectivity index (χ4v) is 4.52. The van der Waals surface area contributed by atoms with Gasteiger partial charge >= 0.3 is 5.97 Å². The number of nitrogens with one attached hydrogen (secondary N) is 2. The Morgan fingerprint density at radius 2 is 1.75 bits per heavy atom. The molecule has 4 amide bonds. The first-order valence-corrected chi connectivity index (χ1v) is 13.2. The molecule has 36 heavy (non-hydrogen) atoms. The van der Waals surface area contributed by atoms with Crippen molar-refractivity contribution < 1.29 is 29.1 Å². The molecular formula is C24H35N5O6S. The highest BCUT2D eigenvalue weighted by molar-refractivity contribution is 7.98. The van der Waals surface area contributed by atoms with Crippen LogP contribution in [0.25, 0.3) is 0 Å². The fourth-order valence-electron chi connectivity index (χ4n) is 4.05. The molecule has 1 saturated heterocycles. The molecule has 0 saturated carbocycles. The second-order valence-electron chi connectivity index (χ2n) is 8.73. The molecule has 1 aliphatic rings. The zero-order chi connectivity index (χ0) is 26.7. The number of amides is 4. The van der Waals surface area contributed by atoms with Crippen LogP contribution in [0.2, 0.25) is 0 Å². The van der Waals surface area contributed by atoms with Gasteiger partial charge in [-0.2, -0.15) is 11.8 Å². The summed E-state index contributed by atoms with van der Waals surface area (Å²) in [6, 6.07) is 5.15. The van der Waals surface area contributed by atoms with Gasteiger partial charge < -0.3 is 32.1 Å². The number of carbonyl (C=O) groups is 5. The van der Waals surface area contributed by atoms with Crippen molar-refractivity contribution in [2.75, 3.05) is 18.6 Å². The number of benzene rings is 1. The van der Waals surface area contributed by atoms with Crippen molar-refractivity contribution in [3.8, 4) is 0 Å². The topological polar surface area (TPSA) is 185 Å². The number of carboxylic acids is 1. The smallest absolute Gasteiger partial charge is 0.326 e. The Kier molecular flexibility index (Phi) is 11.7. The number of rotatable bonds is 14. The van der Waals surface area contributed by atoms with E-state index in [1.165, 1.54) is 16.7 Å². The standard InChI is InChI=1S/C24H35N5O6S/c1-36-13-11-18(23(33)29-12-5-8-19(29)24(34)35)28-22(32)17(9-10-20(26)30)27-21(31)16(25)14-15-6-3-2-4-7-15/h2-4,6-7,16-19H,5,8-14,25H2,1H3,(H2,26,30)(H,27,31)(H,28,32)(H,34,35). The van der Waals surface area contributed by atoms with Crippen LogP contribution in [0.15, 0.2) is 30.3 Å². The van der Waals surface area contributed by atoms with Crippen LogP contribution in [0.3, 0.4) is 0 Å². The largest absolute Gasteiger partial charge is 0.480 e. The molecule has 198 valence electrons. The SMILES string of the molecule is CSCCC(NC(=O)C(CCC(N)=O)NC(=O)C(N)Cc1ccccc1)C(=O)N1CCCC1C(=O)O. The van der Waals surface area contributed by atoms with Crippen molar-refractivity contribution in [3.63, 3.8) is 0 Å². The number of primary amides is 1. The highest BCUT2D eigenvalue weighted by Gasteiger charge is 2.38. The maximum atomic E-state index is 13.2. The molecule has 12 heteroatoms. The zero-order valence-electron chi connectivity index (χ0n) is 20.4. The van der Waals surface area contributed by atoms with Gasteiger partial charge in [0.05, 0.1) is 6.04 Å². The summed E-state index contributed by atoms with van der Waals surface area (Å²) >= 11 is 1.48. The van der Waals surface area contributed by atoms with E-state index in [2.05, 4.69) is 10.6 Å². The van der Waals surface area contributed by atoms with Crippen LogP contribution in [0.4, 0.5) is 0 Å². The van der Waals surface area contributed by atoms with Gasteiger partial charge in [0, 0.05) is 13.0 Å². The molecule has 0 aromatic heterocycles. The summed E-state index contributed by atoms with van der Waals surface area (Å²) in [6.45, 7) is 0.289. The van der Waals surface area contributed by atoms with Gasteiger partial charge in [-0.25, -0.2) is 4.79 Å². The van der Waals surface area contributed by atoms with E-state index >= 15 is 0 Å². The van der Waals surface area contributed by atoms with Crippen molar-refractivity contribution in [1.82, 2.24) is 15.5 Å². The monoisotopic (exact) mass is 521 g/mol.